The number of anilines is 1. The van der Waals surface area contributed by atoms with E-state index in [-0.39, 0.29) is 28.3 Å². The summed E-state index contributed by atoms with van der Waals surface area (Å²) in [7, 11) is 0. The van der Waals surface area contributed by atoms with E-state index in [2.05, 4.69) is 13.8 Å². The lowest BCUT2D eigenvalue weighted by molar-refractivity contribution is -0.124. The molecule has 6 heteroatoms. The van der Waals surface area contributed by atoms with Crippen LogP contribution >= 0.6 is 0 Å². The van der Waals surface area contributed by atoms with Gasteiger partial charge in [-0.05, 0) is 36.3 Å². The van der Waals surface area contributed by atoms with Gasteiger partial charge >= 0.3 is 0 Å². The quantitative estimate of drug-likeness (QED) is 0.327. The van der Waals surface area contributed by atoms with Crippen LogP contribution in [-0.4, -0.2) is 11.8 Å². The molecular weight excluding hydrogens is 358 g/mol. The van der Waals surface area contributed by atoms with E-state index in [1.807, 2.05) is 0 Å². The zero-order valence-corrected chi connectivity index (χ0v) is 15.8. The van der Waals surface area contributed by atoms with Crippen LogP contribution in [0.2, 0.25) is 0 Å². The smallest absolute Gasteiger partial charge is 0.196 e. The predicted molar refractivity (Wildman–Crippen MR) is 97.4 cm³/mol. The number of halogens is 4. The summed E-state index contributed by atoms with van der Waals surface area (Å²) < 4.78 is 56.3. The van der Waals surface area contributed by atoms with Crippen molar-refractivity contribution < 1.29 is 22.4 Å². The minimum absolute atomic E-state index is 0.00554. The van der Waals surface area contributed by atoms with Crippen LogP contribution in [0.5, 0.6) is 0 Å². The van der Waals surface area contributed by atoms with E-state index in [1.54, 1.807) is 0 Å². The van der Waals surface area contributed by atoms with Crippen LogP contribution in [-0.2, 0) is 4.79 Å². The molecule has 0 saturated heterocycles. The number of rotatable bonds is 6. The molecule has 0 amide bonds. The first kappa shape index (κ1) is 19.9. The van der Waals surface area contributed by atoms with Crippen molar-refractivity contribution in [3.8, 4) is 0 Å². The zero-order valence-electron chi connectivity index (χ0n) is 15.8. The predicted octanol–water partition coefficient (Wildman–Crippen LogP) is 6.29. The highest BCUT2D eigenvalue weighted by Crippen LogP contribution is 2.50. The van der Waals surface area contributed by atoms with Crippen LogP contribution in [0, 0.1) is 22.9 Å². The number of nitrogens with zero attached hydrogens (tertiary/aromatic N) is 1. The van der Waals surface area contributed by atoms with Gasteiger partial charge in [0, 0.05) is 12.0 Å². The fourth-order valence-corrected chi connectivity index (χ4v) is 4.51. The second kappa shape index (κ2) is 7.64. The van der Waals surface area contributed by atoms with Gasteiger partial charge in [-0.15, -0.1) is 0 Å². The van der Waals surface area contributed by atoms with Crippen LogP contribution < -0.4 is 5.12 Å². The lowest BCUT2D eigenvalue weighted by atomic mass is 9.64. The molecule has 0 bridgehead atoms. The van der Waals surface area contributed by atoms with Gasteiger partial charge in [0.25, 0.3) is 0 Å². The Hall–Kier alpha value is -1.85. The van der Waals surface area contributed by atoms with Gasteiger partial charge in [-0.1, -0.05) is 50.1 Å². The molecule has 3 rings (SSSR count). The van der Waals surface area contributed by atoms with E-state index >= 15 is 0 Å². The highest BCUT2D eigenvalue weighted by Gasteiger charge is 2.47. The molecule has 2 aliphatic rings. The normalized spacial score (nSPS) is 21.0. The highest BCUT2D eigenvalue weighted by molar-refractivity contribution is 5.96. The summed E-state index contributed by atoms with van der Waals surface area (Å²) in [4.78, 5) is 12.8. The summed E-state index contributed by atoms with van der Waals surface area (Å²) >= 11 is 0. The van der Waals surface area contributed by atoms with Crippen LogP contribution in [0.4, 0.5) is 23.3 Å². The van der Waals surface area contributed by atoms with Crippen LogP contribution in [0.25, 0.3) is 6.08 Å². The molecule has 1 saturated carbocycles. The molecule has 148 valence electrons. The summed E-state index contributed by atoms with van der Waals surface area (Å²) in [6, 6.07) is -0.448. The van der Waals surface area contributed by atoms with Crippen LogP contribution in [0.15, 0.2) is 11.6 Å². The van der Waals surface area contributed by atoms with E-state index in [9.17, 15) is 22.4 Å². The first-order valence-electron chi connectivity index (χ1n) is 9.69. The third kappa shape index (κ3) is 3.50. The first-order valence-corrected chi connectivity index (χ1v) is 9.69. The van der Waals surface area contributed by atoms with Crippen LogP contribution in [0.1, 0.15) is 70.8 Å². The largest absolute Gasteiger partial charge is 0.297 e. The zero-order chi connectivity index (χ0) is 19.8. The summed E-state index contributed by atoms with van der Waals surface area (Å²) in [5.74, 6) is -5.00. The maximum Gasteiger partial charge on any atom is 0.196 e. The molecule has 1 aromatic carbocycles. The van der Waals surface area contributed by atoms with E-state index in [0.29, 0.717) is 12.0 Å². The first-order chi connectivity index (χ1) is 12.8. The van der Waals surface area contributed by atoms with Crippen molar-refractivity contribution in [2.24, 2.45) is 5.41 Å². The molecule has 1 aliphatic carbocycles. The Labute approximate surface area is 157 Å². The standard InChI is InChI=1S/C21H25F4NO/c1-3-5-7-21(8-6-4-2)11-14-9-13-10-15(22)17(23)18(24)20(13)26(25)19(14)16(27)12-21/h9-10,19H,3-8,11-12H2,1-2H3. The van der Waals surface area contributed by atoms with Gasteiger partial charge in [-0.2, -0.15) is 5.12 Å². The summed E-state index contributed by atoms with van der Waals surface area (Å²) in [6.45, 7) is 4.17. The Balaban J connectivity index is 2.04. The molecule has 0 spiro atoms. The monoisotopic (exact) mass is 383 g/mol. The molecule has 1 aliphatic heterocycles. The van der Waals surface area contributed by atoms with E-state index in [4.69, 9.17) is 0 Å². The second-order valence-electron chi connectivity index (χ2n) is 7.88. The molecule has 1 atom stereocenters. The molecule has 1 heterocycles. The second-order valence-corrected chi connectivity index (χ2v) is 7.88. The number of Topliss-reactive ketones (excluding diaryl/α,β-unsaturated/α-hetero) is 1. The van der Waals surface area contributed by atoms with E-state index in [1.165, 1.54) is 6.08 Å². The van der Waals surface area contributed by atoms with Crippen molar-refractivity contribution in [1.82, 2.24) is 0 Å². The number of carbonyl (C=O) groups is 1. The molecule has 0 radical (unpaired) electrons. The Kier molecular flexibility index (Phi) is 5.63. The van der Waals surface area contributed by atoms with Crippen molar-refractivity contribution in [3.63, 3.8) is 0 Å². The van der Waals surface area contributed by atoms with Gasteiger partial charge in [-0.3, -0.25) is 4.79 Å². The lowest BCUT2D eigenvalue weighted by Crippen LogP contribution is -2.48. The molecular formula is C21H25F4NO. The van der Waals surface area contributed by atoms with Gasteiger partial charge in [0.1, 0.15) is 11.7 Å². The summed E-state index contributed by atoms with van der Waals surface area (Å²) in [5, 5.41) is -0.00554. The Morgan fingerprint density at radius 2 is 1.70 bits per heavy atom. The van der Waals surface area contributed by atoms with Crippen molar-refractivity contribution >= 4 is 17.5 Å². The number of unbranched alkanes of at least 4 members (excludes halogenated alkanes) is 2. The molecule has 0 N–H and O–H groups in total. The van der Waals surface area contributed by atoms with Gasteiger partial charge in [0.2, 0.25) is 0 Å². The highest BCUT2D eigenvalue weighted by atomic mass is 19.2. The average molecular weight is 383 g/mol. The van der Waals surface area contributed by atoms with Crippen LogP contribution in [0.3, 0.4) is 0 Å². The number of benzene rings is 1. The summed E-state index contributed by atoms with van der Waals surface area (Å²) in [6.07, 6.45) is 7.90. The van der Waals surface area contributed by atoms with Crippen molar-refractivity contribution in [1.29, 1.82) is 0 Å². The SMILES string of the molecule is CCCCC1(CCCC)CC(=O)C2C(=Cc3cc(F)c(F)c(F)c3N2F)C1. The fraction of sp³-hybridized carbons (Fsp3) is 0.571. The topological polar surface area (TPSA) is 20.3 Å². The number of carbonyl (C=O) groups excluding carboxylic acids is 1. The molecule has 27 heavy (non-hydrogen) atoms. The molecule has 0 aromatic heterocycles. The maximum atomic E-state index is 14.9. The van der Waals surface area contributed by atoms with Gasteiger partial charge in [-0.25, -0.2) is 13.2 Å². The van der Waals surface area contributed by atoms with E-state index in [0.717, 1.165) is 44.6 Å². The number of ketones is 1. The Morgan fingerprint density at radius 3 is 2.30 bits per heavy atom. The third-order valence-electron chi connectivity index (χ3n) is 5.85. The fourth-order valence-electron chi connectivity index (χ4n) is 4.51. The molecule has 2 nitrogen and oxygen atoms in total. The van der Waals surface area contributed by atoms with Gasteiger partial charge < -0.3 is 0 Å². The van der Waals surface area contributed by atoms with Gasteiger partial charge in [0.05, 0.1) is 0 Å². The Bertz CT molecular complexity index is 766. The maximum absolute atomic E-state index is 14.9. The lowest BCUT2D eigenvalue weighted by Gasteiger charge is -2.44. The number of hydrogen-bond donors (Lipinski definition) is 0. The number of fused-ring (bicyclic) bond motifs is 2. The van der Waals surface area contributed by atoms with Crippen molar-refractivity contribution in [3.05, 3.63) is 34.7 Å². The van der Waals surface area contributed by atoms with E-state index < -0.39 is 29.2 Å². The molecule has 1 fully saturated rings. The van der Waals surface area contributed by atoms with Crippen molar-refractivity contribution in [2.45, 2.75) is 71.3 Å². The minimum atomic E-state index is -1.73. The van der Waals surface area contributed by atoms with Gasteiger partial charge in [0.15, 0.2) is 23.2 Å². The minimum Gasteiger partial charge on any atom is -0.297 e. The van der Waals surface area contributed by atoms with Crippen molar-refractivity contribution in [2.75, 3.05) is 5.12 Å². The molecule has 1 unspecified atom stereocenters. The molecule has 1 aromatic rings. The average Bonchev–Trinajstić information content (AvgIpc) is 2.62. The Morgan fingerprint density at radius 1 is 1.07 bits per heavy atom. The number of hydrogen-bond acceptors (Lipinski definition) is 2. The third-order valence-corrected chi connectivity index (χ3v) is 5.85. The summed E-state index contributed by atoms with van der Waals surface area (Å²) in [5.41, 5.74) is -0.458.